The molecule has 0 aromatic rings. The van der Waals surface area contributed by atoms with Crippen LogP contribution >= 0.6 is 12.8 Å². The molecule has 0 heterocycles. The molecule has 0 aliphatic heterocycles. The van der Waals surface area contributed by atoms with Crippen LogP contribution in [0.25, 0.3) is 0 Å². The Labute approximate surface area is 63.9 Å². The summed E-state index contributed by atoms with van der Waals surface area (Å²) >= 11 is 3.61. The number of carbonyl (C=O) groups excluding carboxylic acids is 2. The number of thiol groups is 1. The van der Waals surface area contributed by atoms with Crippen molar-refractivity contribution in [2.75, 3.05) is 0 Å². The predicted molar refractivity (Wildman–Crippen MR) is 38.1 cm³/mol. The molecule has 5 heteroatoms. The molecule has 10 heavy (non-hydrogen) atoms. The van der Waals surface area contributed by atoms with Crippen LogP contribution in [0.3, 0.4) is 0 Å². The van der Waals surface area contributed by atoms with Gasteiger partial charge in [0, 0.05) is 5.92 Å². The summed E-state index contributed by atoms with van der Waals surface area (Å²) in [7, 11) is 0. The molecule has 1 aliphatic carbocycles. The normalized spacial score (nSPS) is 16.5. The maximum atomic E-state index is 10.9. The average Bonchev–Trinajstić information content (AvgIpc) is 2.65. The van der Waals surface area contributed by atoms with E-state index in [2.05, 4.69) is 12.8 Å². The maximum Gasteiger partial charge on any atom is 0.331 e. The van der Waals surface area contributed by atoms with Gasteiger partial charge in [0.2, 0.25) is 5.91 Å². The van der Waals surface area contributed by atoms with Crippen LogP contribution in [0.15, 0.2) is 0 Å². The summed E-state index contributed by atoms with van der Waals surface area (Å²) in [5, 5.41) is 0. The highest BCUT2D eigenvalue weighted by Gasteiger charge is 2.34. The molecular formula is C5H8N2O2S. The molecular weight excluding hydrogens is 152 g/mol. The van der Waals surface area contributed by atoms with Gasteiger partial charge in [-0.1, -0.05) is 12.8 Å². The topological polar surface area (TPSA) is 63.4 Å². The van der Waals surface area contributed by atoms with E-state index >= 15 is 0 Å². The van der Waals surface area contributed by atoms with Crippen molar-refractivity contribution in [1.29, 1.82) is 0 Å². The minimum Gasteiger partial charge on any atom is -0.350 e. The second-order valence-electron chi connectivity index (χ2n) is 2.26. The van der Waals surface area contributed by atoms with E-state index in [0.29, 0.717) is 4.31 Å². The van der Waals surface area contributed by atoms with Crippen LogP contribution in [-0.4, -0.2) is 16.2 Å². The van der Waals surface area contributed by atoms with E-state index in [-0.39, 0.29) is 11.8 Å². The summed E-state index contributed by atoms with van der Waals surface area (Å²) < 4.78 is 0.664. The summed E-state index contributed by atoms with van der Waals surface area (Å²) in [5.41, 5.74) is 4.79. The lowest BCUT2D eigenvalue weighted by Crippen LogP contribution is -2.34. The van der Waals surface area contributed by atoms with Crippen molar-refractivity contribution in [2.24, 2.45) is 11.7 Å². The Bertz CT molecular complexity index is 178. The number of amides is 3. The first-order valence-electron chi connectivity index (χ1n) is 2.95. The standard InChI is InChI=1S/C5H8N2O2S/c6-5(9)7(10)4(8)3-1-2-3/h3,10H,1-2H2,(H2,6,9). The van der Waals surface area contributed by atoms with Gasteiger partial charge in [-0.25, -0.2) is 9.10 Å². The number of nitrogens with two attached hydrogens (primary N) is 1. The van der Waals surface area contributed by atoms with Gasteiger partial charge in [0.15, 0.2) is 0 Å². The Morgan fingerprint density at radius 2 is 2.00 bits per heavy atom. The van der Waals surface area contributed by atoms with Crippen LogP contribution in [0.1, 0.15) is 12.8 Å². The quantitative estimate of drug-likeness (QED) is 0.536. The van der Waals surface area contributed by atoms with Gasteiger partial charge in [0.05, 0.1) is 0 Å². The number of urea groups is 1. The molecule has 4 nitrogen and oxygen atoms in total. The lowest BCUT2D eigenvalue weighted by molar-refractivity contribution is -0.125. The zero-order valence-corrected chi connectivity index (χ0v) is 6.17. The van der Waals surface area contributed by atoms with Crippen molar-refractivity contribution in [1.82, 2.24) is 4.31 Å². The number of carbonyl (C=O) groups is 2. The fraction of sp³-hybridized carbons (Fsp3) is 0.600. The van der Waals surface area contributed by atoms with Crippen LogP contribution in [0.4, 0.5) is 4.79 Å². The lowest BCUT2D eigenvalue weighted by atomic mass is 10.4. The summed E-state index contributed by atoms with van der Waals surface area (Å²) in [4.78, 5) is 21.2. The van der Waals surface area contributed by atoms with Crippen LogP contribution in [0, 0.1) is 5.92 Å². The zero-order chi connectivity index (χ0) is 7.72. The Morgan fingerprint density at radius 1 is 1.50 bits per heavy atom. The molecule has 0 radical (unpaired) electrons. The van der Waals surface area contributed by atoms with Gasteiger partial charge in [0.25, 0.3) is 0 Å². The van der Waals surface area contributed by atoms with Gasteiger partial charge in [0.1, 0.15) is 0 Å². The van der Waals surface area contributed by atoms with Crippen LogP contribution in [-0.2, 0) is 4.79 Å². The highest BCUT2D eigenvalue weighted by molar-refractivity contribution is 7.79. The SMILES string of the molecule is NC(=O)N(S)C(=O)C1CC1. The second kappa shape index (κ2) is 2.49. The first-order valence-corrected chi connectivity index (χ1v) is 3.35. The third kappa shape index (κ3) is 1.41. The smallest absolute Gasteiger partial charge is 0.331 e. The number of nitrogens with zero attached hydrogens (tertiary/aromatic N) is 1. The van der Waals surface area contributed by atoms with E-state index in [1.54, 1.807) is 0 Å². The van der Waals surface area contributed by atoms with Crippen LogP contribution in [0.5, 0.6) is 0 Å². The van der Waals surface area contributed by atoms with Crippen molar-refractivity contribution >= 4 is 24.8 Å². The van der Waals surface area contributed by atoms with Gasteiger partial charge >= 0.3 is 6.03 Å². The monoisotopic (exact) mass is 160 g/mol. The van der Waals surface area contributed by atoms with Gasteiger partial charge in [-0.15, -0.1) is 0 Å². The van der Waals surface area contributed by atoms with Gasteiger partial charge in [-0.2, -0.15) is 0 Å². The Kier molecular flexibility index (Phi) is 1.85. The van der Waals surface area contributed by atoms with Gasteiger partial charge in [-0.05, 0) is 12.8 Å². The van der Waals surface area contributed by atoms with E-state index in [1.807, 2.05) is 0 Å². The predicted octanol–water partition coefficient (Wildman–Crippen LogP) is 0.149. The fourth-order valence-electron chi connectivity index (χ4n) is 0.612. The number of hydrogen-bond donors (Lipinski definition) is 2. The second-order valence-corrected chi connectivity index (χ2v) is 2.66. The molecule has 0 aromatic heterocycles. The molecule has 0 aromatic carbocycles. The highest BCUT2D eigenvalue weighted by atomic mass is 32.1. The lowest BCUT2D eigenvalue weighted by Gasteiger charge is -2.08. The van der Waals surface area contributed by atoms with E-state index in [4.69, 9.17) is 5.73 Å². The highest BCUT2D eigenvalue weighted by Crippen LogP contribution is 2.31. The van der Waals surface area contributed by atoms with E-state index in [9.17, 15) is 9.59 Å². The molecule has 3 amide bonds. The van der Waals surface area contributed by atoms with Crippen LogP contribution < -0.4 is 5.73 Å². The first-order chi connectivity index (χ1) is 4.63. The average molecular weight is 160 g/mol. The Hall–Kier alpha value is -0.710. The third-order valence-corrected chi connectivity index (χ3v) is 1.74. The van der Waals surface area contributed by atoms with Crippen molar-refractivity contribution in [3.8, 4) is 0 Å². The summed E-state index contributed by atoms with van der Waals surface area (Å²) in [5.74, 6) is -0.291. The van der Waals surface area contributed by atoms with E-state index in [0.717, 1.165) is 12.8 Å². The zero-order valence-electron chi connectivity index (χ0n) is 5.28. The molecule has 1 saturated carbocycles. The summed E-state index contributed by atoms with van der Waals surface area (Å²) in [6.45, 7) is 0. The number of rotatable bonds is 1. The molecule has 0 unspecified atom stereocenters. The summed E-state index contributed by atoms with van der Waals surface area (Å²) in [6, 6.07) is -0.805. The number of primary amides is 1. The van der Waals surface area contributed by atoms with Crippen molar-refractivity contribution < 1.29 is 9.59 Å². The van der Waals surface area contributed by atoms with E-state index in [1.165, 1.54) is 0 Å². The third-order valence-electron chi connectivity index (χ3n) is 1.34. The van der Waals surface area contributed by atoms with Crippen molar-refractivity contribution in [3.05, 3.63) is 0 Å². The molecule has 0 atom stereocenters. The minimum absolute atomic E-state index is 0.00926. The molecule has 1 fully saturated rings. The molecule has 0 saturated heterocycles. The molecule has 2 N–H and O–H groups in total. The molecule has 56 valence electrons. The van der Waals surface area contributed by atoms with E-state index < -0.39 is 6.03 Å². The molecule has 0 spiro atoms. The largest absolute Gasteiger partial charge is 0.350 e. The molecule has 1 rings (SSSR count). The van der Waals surface area contributed by atoms with Crippen molar-refractivity contribution in [3.63, 3.8) is 0 Å². The van der Waals surface area contributed by atoms with Gasteiger partial charge in [-0.3, -0.25) is 4.79 Å². The Morgan fingerprint density at radius 3 is 2.30 bits per heavy atom. The number of hydrogen-bond acceptors (Lipinski definition) is 3. The first kappa shape index (κ1) is 7.40. The fourth-order valence-corrected chi connectivity index (χ4v) is 0.775. The molecule has 0 bridgehead atoms. The minimum atomic E-state index is -0.805. The molecule has 1 aliphatic rings. The Balaban J connectivity index is 2.46. The maximum absolute atomic E-state index is 10.9. The summed E-state index contributed by atoms with van der Waals surface area (Å²) in [6.07, 6.45) is 1.70. The van der Waals surface area contributed by atoms with Crippen LogP contribution in [0.2, 0.25) is 0 Å². The number of imide groups is 1. The van der Waals surface area contributed by atoms with Crippen molar-refractivity contribution in [2.45, 2.75) is 12.8 Å². The van der Waals surface area contributed by atoms with Gasteiger partial charge < -0.3 is 5.73 Å².